The second-order valence-corrected chi connectivity index (χ2v) is 15.2. The quantitative estimate of drug-likeness (QED) is 0.184. The third-order valence-electron chi connectivity index (χ3n) is 11.8. The lowest BCUT2D eigenvalue weighted by atomic mass is 10.0. The molecule has 0 amide bonds. The van der Waals surface area contributed by atoms with Crippen molar-refractivity contribution in [2.75, 3.05) is 0 Å². The van der Waals surface area contributed by atoms with Crippen LogP contribution in [0.2, 0.25) is 0 Å². The molecule has 278 valence electrons. The maximum absolute atomic E-state index is 5.16. The molecule has 1 unspecified atom stereocenters. The van der Waals surface area contributed by atoms with Crippen molar-refractivity contribution in [1.29, 1.82) is 0 Å². The summed E-state index contributed by atoms with van der Waals surface area (Å²) in [5.74, 6) is 0.865. The molecule has 1 N–H and O–H groups in total. The Labute approximate surface area is 340 Å². The van der Waals surface area contributed by atoms with Gasteiger partial charge in [-0.05, 0) is 72.3 Å². The SMILES string of the molecule is C1=C(c2ccc(-n3c4ccccc4c4ccc(-n5ncc6c5ccc5c7ccccc7n(-c7ccccc7)c56)cc43)cc2)N=C(c2ccccc2)NC1c1ccccc1. The first-order valence-corrected chi connectivity index (χ1v) is 20.0. The molecule has 0 saturated carbocycles. The van der Waals surface area contributed by atoms with Crippen LogP contribution in [0.1, 0.15) is 22.7 Å². The van der Waals surface area contributed by atoms with E-state index in [1.54, 1.807) is 0 Å². The van der Waals surface area contributed by atoms with E-state index in [1.165, 1.54) is 32.6 Å². The van der Waals surface area contributed by atoms with E-state index in [-0.39, 0.29) is 6.04 Å². The highest BCUT2D eigenvalue weighted by atomic mass is 15.3. The molecular weight excluding hydrogens is 721 g/mol. The molecule has 12 rings (SSSR count). The van der Waals surface area contributed by atoms with Gasteiger partial charge in [0.2, 0.25) is 0 Å². The van der Waals surface area contributed by atoms with Gasteiger partial charge in [-0.1, -0.05) is 133 Å². The predicted octanol–water partition coefficient (Wildman–Crippen LogP) is 12.4. The van der Waals surface area contributed by atoms with E-state index < -0.39 is 0 Å². The number of amidine groups is 1. The highest BCUT2D eigenvalue weighted by molar-refractivity contribution is 6.18. The fourth-order valence-corrected chi connectivity index (χ4v) is 9.04. The molecule has 59 heavy (non-hydrogen) atoms. The van der Waals surface area contributed by atoms with Crippen LogP contribution in [0.4, 0.5) is 0 Å². The average Bonchev–Trinajstić information content (AvgIpc) is 4.00. The number of rotatable bonds is 6. The molecule has 3 aromatic heterocycles. The summed E-state index contributed by atoms with van der Waals surface area (Å²) in [4.78, 5) is 5.16. The monoisotopic (exact) mass is 756 g/mol. The Morgan fingerprint density at radius 1 is 0.424 bits per heavy atom. The van der Waals surface area contributed by atoms with Gasteiger partial charge < -0.3 is 14.5 Å². The van der Waals surface area contributed by atoms with Crippen molar-refractivity contribution < 1.29 is 0 Å². The Bertz CT molecular complexity index is 3440. The number of nitrogens with one attached hydrogen (secondary N) is 1. The Morgan fingerprint density at radius 2 is 1.02 bits per heavy atom. The topological polar surface area (TPSA) is 52.1 Å². The summed E-state index contributed by atoms with van der Waals surface area (Å²) < 4.78 is 6.83. The molecule has 1 aliphatic heterocycles. The molecule has 0 spiro atoms. The minimum atomic E-state index is -0.00879. The van der Waals surface area contributed by atoms with Crippen LogP contribution >= 0.6 is 0 Å². The van der Waals surface area contributed by atoms with E-state index in [2.05, 4.69) is 213 Å². The molecule has 1 atom stereocenters. The zero-order chi connectivity index (χ0) is 38.9. The summed E-state index contributed by atoms with van der Waals surface area (Å²) in [6, 6.07) is 68.9. The fourth-order valence-electron chi connectivity index (χ4n) is 9.04. The standard InChI is InChI=1S/C53H36N6/c1-4-14-35(15-5-1)46-33-47(56-53(55-46)37-16-6-2-7-17-37)36-24-26-39(27-25-36)57-48-22-12-10-20-41(48)43-29-28-40(32-51(43)57)59-50-31-30-44-42-21-11-13-23-49(42)58(38-18-8-3-9-19-38)52(44)45(50)34-54-59/h1-34,46H,(H,55,56). The molecule has 0 radical (unpaired) electrons. The number of fused-ring (bicyclic) bond motifs is 8. The van der Waals surface area contributed by atoms with Gasteiger partial charge in [-0.3, -0.25) is 0 Å². The minimum absolute atomic E-state index is 0.00879. The molecule has 8 aromatic carbocycles. The number of hydrogen-bond acceptors (Lipinski definition) is 3. The number of benzene rings is 8. The van der Waals surface area contributed by atoms with Crippen molar-refractivity contribution in [3.8, 4) is 17.1 Å². The maximum Gasteiger partial charge on any atom is 0.134 e. The van der Waals surface area contributed by atoms with Crippen LogP contribution in [0.25, 0.3) is 77.3 Å². The Hall–Kier alpha value is -7.96. The molecular formula is C53H36N6. The summed E-state index contributed by atoms with van der Waals surface area (Å²) in [5.41, 5.74) is 13.2. The van der Waals surface area contributed by atoms with E-state index in [4.69, 9.17) is 10.1 Å². The Morgan fingerprint density at radius 3 is 1.78 bits per heavy atom. The first-order valence-electron chi connectivity index (χ1n) is 20.0. The van der Waals surface area contributed by atoms with Gasteiger partial charge in [0.1, 0.15) is 5.84 Å². The smallest absolute Gasteiger partial charge is 0.134 e. The van der Waals surface area contributed by atoms with Crippen molar-refractivity contribution in [1.82, 2.24) is 24.2 Å². The van der Waals surface area contributed by atoms with Gasteiger partial charge in [-0.25, -0.2) is 9.67 Å². The summed E-state index contributed by atoms with van der Waals surface area (Å²) in [7, 11) is 0. The average molecular weight is 757 g/mol. The second-order valence-electron chi connectivity index (χ2n) is 15.2. The van der Waals surface area contributed by atoms with Crippen molar-refractivity contribution in [3.63, 3.8) is 0 Å². The van der Waals surface area contributed by atoms with Gasteiger partial charge >= 0.3 is 0 Å². The highest BCUT2D eigenvalue weighted by Gasteiger charge is 2.21. The van der Waals surface area contributed by atoms with Gasteiger partial charge in [-0.2, -0.15) is 5.10 Å². The first-order chi connectivity index (χ1) is 29.3. The van der Waals surface area contributed by atoms with Crippen LogP contribution < -0.4 is 5.32 Å². The van der Waals surface area contributed by atoms with Crippen LogP contribution in [-0.4, -0.2) is 24.8 Å². The van der Waals surface area contributed by atoms with Crippen LogP contribution in [0.5, 0.6) is 0 Å². The molecule has 4 heterocycles. The number of aromatic nitrogens is 4. The lowest BCUT2D eigenvalue weighted by Gasteiger charge is -2.24. The summed E-state index contributed by atoms with van der Waals surface area (Å²) in [6.45, 7) is 0. The van der Waals surface area contributed by atoms with E-state index in [9.17, 15) is 0 Å². The third-order valence-corrected chi connectivity index (χ3v) is 11.8. The van der Waals surface area contributed by atoms with Crippen LogP contribution in [0, 0.1) is 0 Å². The van der Waals surface area contributed by atoms with Crippen molar-refractivity contribution in [2.45, 2.75) is 6.04 Å². The van der Waals surface area contributed by atoms with E-state index in [1.807, 2.05) is 12.3 Å². The molecule has 0 saturated heterocycles. The summed E-state index contributed by atoms with van der Waals surface area (Å²) in [5, 5.41) is 14.7. The highest BCUT2D eigenvalue weighted by Crippen LogP contribution is 2.39. The molecule has 0 aliphatic carbocycles. The number of nitrogens with zero attached hydrogens (tertiary/aromatic N) is 5. The Balaban J connectivity index is 0.987. The molecule has 11 aromatic rings. The van der Waals surface area contributed by atoms with Crippen LogP contribution in [-0.2, 0) is 0 Å². The van der Waals surface area contributed by atoms with Crippen LogP contribution in [0.3, 0.4) is 0 Å². The lowest BCUT2D eigenvalue weighted by molar-refractivity contribution is 0.781. The zero-order valence-electron chi connectivity index (χ0n) is 31.9. The van der Waals surface area contributed by atoms with E-state index >= 15 is 0 Å². The van der Waals surface area contributed by atoms with Gasteiger partial charge in [0.15, 0.2) is 0 Å². The third kappa shape index (κ3) is 5.34. The van der Waals surface area contributed by atoms with E-state index in [0.717, 1.165) is 67.2 Å². The fraction of sp³-hybridized carbons (Fsp3) is 0.0189. The maximum atomic E-state index is 5.16. The van der Waals surface area contributed by atoms with Crippen molar-refractivity contribution in [2.24, 2.45) is 4.99 Å². The summed E-state index contributed by atoms with van der Waals surface area (Å²) in [6.07, 6.45) is 4.25. The van der Waals surface area contributed by atoms with Gasteiger partial charge in [0.05, 0.1) is 51.2 Å². The zero-order valence-corrected chi connectivity index (χ0v) is 31.9. The number of para-hydroxylation sites is 3. The van der Waals surface area contributed by atoms with Gasteiger partial charge in [0.25, 0.3) is 0 Å². The number of hydrogen-bond donors (Lipinski definition) is 1. The largest absolute Gasteiger partial charge is 0.359 e. The molecule has 6 heteroatoms. The molecule has 6 nitrogen and oxygen atoms in total. The van der Waals surface area contributed by atoms with Crippen LogP contribution in [0.15, 0.2) is 211 Å². The number of aliphatic imine (C=N–C) groups is 1. The second kappa shape index (κ2) is 13.3. The van der Waals surface area contributed by atoms with Gasteiger partial charge in [-0.15, -0.1) is 0 Å². The van der Waals surface area contributed by atoms with Crippen molar-refractivity contribution >= 4 is 66.0 Å². The normalized spacial score (nSPS) is 14.3. The summed E-state index contributed by atoms with van der Waals surface area (Å²) >= 11 is 0. The van der Waals surface area contributed by atoms with Gasteiger partial charge in [0, 0.05) is 49.4 Å². The van der Waals surface area contributed by atoms with E-state index in [0.29, 0.717) is 0 Å². The molecule has 0 bridgehead atoms. The minimum Gasteiger partial charge on any atom is -0.359 e. The molecule has 1 aliphatic rings. The lowest BCUT2D eigenvalue weighted by Crippen LogP contribution is -2.31. The first kappa shape index (κ1) is 33.2. The van der Waals surface area contributed by atoms with Crippen molar-refractivity contribution in [3.05, 3.63) is 223 Å². The molecule has 0 fully saturated rings. The predicted molar refractivity (Wildman–Crippen MR) is 243 cm³/mol. The Kier molecular flexibility index (Phi) is 7.50.